The van der Waals surface area contributed by atoms with Crippen LogP contribution in [0.1, 0.15) is 24.2 Å². The van der Waals surface area contributed by atoms with E-state index in [1.165, 1.54) is 25.0 Å². The van der Waals surface area contributed by atoms with E-state index < -0.39 is 0 Å². The highest BCUT2D eigenvalue weighted by Crippen LogP contribution is 2.30. The van der Waals surface area contributed by atoms with Crippen molar-refractivity contribution in [3.63, 3.8) is 0 Å². The molecule has 2 heterocycles. The molecule has 0 saturated heterocycles. The zero-order valence-corrected chi connectivity index (χ0v) is 13.2. The van der Waals surface area contributed by atoms with Crippen LogP contribution in [0, 0.1) is 5.82 Å². The molecule has 24 heavy (non-hydrogen) atoms. The predicted molar refractivity (Wildman–Crippen MR) is 88.4 cm³/mol. The number of hydrogen-bond acceptors (Lipinski definition) is 4. The number of aromatic nitrogens is 2. The van der Waals surface area contributed by atoms with Gasteiger partial charge in [-0.05, 0) is 49.2 Å². The van der Waals surface area contributed by atoms with Gasteiger partial charge in [0.1, 0.15) is 12.1 Å². The maximum absolute atomic E-state index is 13.0. The molecule has 1 saturated carbocycles. The Morgan fingerprint density at radius 1 is 1.04 bits per heavy atom. The van der Waals surface area contributed by atoms with E-state index in [4.69, 9.17) is 4.42 Å². The predicted octanol–water partition coefficient (Wildman–Crippen LogP) is 4.04. The number of oxazole rings is 1. The number of hydrogen-bond donors (Lipinski definition) is 0. The maximum atomic E-state index is 13.0. The standard InChI is InChI=1S/C19H18FN3O/c20-15-6-4-14(5-7-15)19-22-17(13-24-19)12-23(18-8-9-18)11-16-3-1-2-10-21-16/h1-7,10,13,18H,8-9,11-12H2. The molecule has 1 aliphatic carbocycles. The summed E-state index contributed by atoms with van der Waals surface area (Å²) in [6.07, 6.45) is 5.95. The SMILES string of the molecule is Fc1ccc(-c2nc(CN(Cc3ccccn3)C3CC3)co2)cc1. The summed E-state index contributed by atoms with van der Waals surface area (Å²) in [5, 5.41) is 0. The van der Waals surface area contributed by atoms with Gasteiger partial charge in [0.2, 0.25) is 5.89 Å². The molecule has 0 N–H and O–H groups in total. The largest absolute Gasteiger partial charge is 0.444 e. The molecule has 0 atom stereocenters. The van der Waals surface area contributed by atoms with Crippen LogP contribution in [-0.2, 0) is 13.1 Å². The zero-order chi connectivity index (χ0) is 16.4. The van der Waals surface area contributed by atoms with Crippen molar-refractivity contribution in [3.8, 4) is 11.5 Å². The summed E-state index contributed by atoms with van der Waals surface area (Å²) < 4.78 is 18.6. The Bertz CT molecular complexity index is 797. The summed E-state index contributed by atoms with van der Waals surface area (Å²) >= 11 is 0. The van der Waals surface area contributed by atoms with E-state index in [-0.39, 0.29) is 5.82 Å². The number of nitrogens with zero attached hydrogens (tertiary/aromatic N) is 3. The molecule has 0 spiro atoms. The highest BCUT2D eigenvalue weighted by Gasteiger charge is 2.29. The van der Waals surface area contributed by atoms with Crippen molar-refractivity contribution < 1.29 is 8.81 Å². The molecule has 122 valence electrons. The van der Waals surface area contributed by atoms with Gasteiger partial charge in [-0.3, -0.25) is 9.88 Å². The van der Waals surface area contributed by atoms with Gasteiger partial charge in [-0.25, -0.2) is 9.37 Å². The Balaban J connectivity index is 1.48. The molecule has 0 aliphatic heterocycles. The quantitative estimate of drug-likeness (QED) is 0.686. The van der Waals surface area contributed by atoms with Crippen LogP contribution in [0.3, 0.4) is 0 Å². The highest BCUT2D eigenvalue weighted by molar-refractivity contribution is 5.52. The molecule has 0 bridgehead atoms. The van der Waals surface area contributed by atoms with Crippen molar-refractivity contribution in [2.75, 3.05) is 0 Å². The first-order valence-electron chi connectivity index (χ1n) is 8.12. The van der Waals surface area contributed by atoms with Gasteiger partial charge in [0.25, 0.3) is 0 Å². The van der Waals surface area contributed by atoms with Crippen LogP contribution in [0.4, 0.5) is 4.39 Å². The van der Waals surface area contributed by atoms with Crippen LogP contribution in [-0.4, -0.2) is 20.9 Å². The lowest BCUT2D eigenvalue weighted by Gasteiger charge is -2.20. The van der Waals surface area contributed by atoms with Gasteiger partial charge in [0, 0.05) is 30.9 Å². The van der Waals surface area contributed by atoms with Crippen LogP contribution in [0.5, 0.6) is 0 Å². The van der Waals surface area contributed by atoms with Gasteiger partial charge in [0.15, 0.2) is 0 Å². The topological polar surface area (TPSA) is 42.2 Å². The van der Waals surface area contributed by atoms with E-state index in [9.17, 15) is 4.39 Å². The fraction of sp³-hybridized carbons (Fsp3) is 0.263. The molecule has 0 amide bonds. The first kappa shape index (κ1) is 15.0. The molecule has 4 rings (SSSR count). The van der Waals surface area contributed by atoms with Gasteiger partial charge in [-0.1, -0.05) is 6.07 Å². The molecule has 0 radical (unpaired) electrons. The monoisotopic (exact) mass is 323 g/mol. The third-order valence-electron chi connectivity index (χ3n) is 4.16. The van der Waals surface area contributed by atoms with Crippen molar-refractivity contribution in [3.05, 3.63) is 72.1 Å². The fourth-order valence-electron chi connectivity index (χ4n) is 2.77. The molecule has 3 aromatic rings. The van der Waals surface area contributed by atoms with Gasteiger partial charge >= 0.3 is 0 Å². The molecule has 1 fully saturated rings. The third kappa shape index (κ3) is 3.51. The Hall–Kier alpha value is -2.53. The van der Waals surface area contributed by atoms with Crippen molar-refractivity contribution in [1.29, 1.82) is 0 Å². The van der Waals surface area contributed by atoms with Gasteiger partial charge in [0.05, 0.1) is 11.4 Å². The molecule has 4 nitrogen and oxygen atoms in total. The Morgan fingerprint density at radius 2 is 1.83 bits per heavy atom. The van der Waals surface area contributed by atoms with Crippen LogP contribution < -0.4 is 0 Å². The van der Waals surface area contributed by atoms with E-state index in [1.54, 1.807) is 18.4 Å². The first-order valence-corrected chi connectivity index (χ1v) is 8.12. The van der Waals surface area contributed by atoms with Crippen molar-refractivity contribution in [2.24, 2.45) is 0 Å². The normalized spacial score (nSPS) is 14.2. The lowest BCUT2D eigenvalue weighted by atomic mass is 10.2. The van der Waals surface area contributed by atoms with E-state index in [2.05, 4.69) is 14.9 Å². The molecule has 1 aliphatic rings. The summed E-state index contributed by atoms with van der Waals surface area (Å²) in [7, 11) is 0. The summed E-state index contributed by atoms with van der Waals surface area (Å²) in [6, 6.07) is 12.8. The van der Waals surface area contributed by atoms with E-state index in [0.29, 0.717) is 11.9 Å². The minimum absolute atomic E-state index is 0.263. The van der Waals surface area contributed by atoms with Gasteiger partial charge in [-0.15, -0.1) is 0 Å². The second-order valence-electron chi connectivity index (χ2n) is 6.11. The van der Waals surface area contributed by atoms with E-state index in [0.717, 1.165) is 30.0 Å². The summed E-state index contributed by atoms with van der Waals surface area (Å²) in [5.74, 6) is 0.263. The summed E-state index contributed by atoms with van der Waals surface area (Å²) in [5.41, 5.74) is 2.73. The van der Waals surface area contributed by atoms with Gasteiger partial charge < -0.3 is 4.42 Å². The lowest BCUT2D eigenvalue weighted by Crippen LogP contribution is -2.25. The Morgan fingerprint density at radius 3 is 2.54 bits per heavy atom. The second kappa shape index (κ2) is 6.53. The average molecular weight is 323 g/mol. The molecule has 1 aromatic carbocycles. The molecule has 5 heteroatoms. The van der Waals surface area contributed by atoms with Crippen LogP contribution in [0.25, 0.3) is 11.5 Å². The van der Waals surface area contributed by atoms with Gasteiger partial charge in [-0.2, -0.15) is 0 Å². The number of halogens is 1. The third-order valence-corrected chi connectivity index (χ3v) is 4.16. The Kier molecular flexibility index (Phi) is 4.09. The van der Waals surface area contributed by atoms with Crippen molar-refractivity contribution in [1.82, 2.24) is 14.9 Å². The number of pyridine rings is 1. The molecule has 2 aromatic heterocycles. The van der Waals surface area contributed by atoms with Crippen molar-refractivity contribution >= 4 is 0 Å². The minimum Gasteiger partial charge on any atom is -0.444 e. The summed E-state index contributed by atoms with van der Waals surface area (Å²) in [4.78, 5) is 11.3. The number of benzene rings is 1. The van der Waals surface area contributed by atoms with Crippen LogP contribution in [0.2, 0.25) is 0 Å². The fourth-order valence-corrected chi connectivity index (χ4v) is 2.77. The number of rotatable bonds is 6. The first-order chi connectivity index (χ1) is 11.8. The maximum Gasteiger partial charge on any atom is 0.226 e. The molecular formula is C19H18FN3O. The van der Waals surface area contributed by atoms with E-state index in [1.807, 2.05) is 24.4 Å². The smallest absolute Gasteiger partial charge is 0.226 e. The minimum atomic E-state index is -0.263. The highest BCUT2D eigenvalue weighted by atomic mass is 19.1. The summed E-state index contributed by atoms with van der Waals surface area (Å²) in [6.45, 7) is 1.54. The Labute approximate surface area is 140 Å². The molecule has 0 unspecified atom stereocenters. The average Bonchev–Trinajstić information content (AvgIpc) is 3.36. The van der Waals surface area contributed by atoms with Crippen LogP contribution >= 0.6 is 0 Å². The zero-order valence-electron chi connectivity index (χ0n) is 13.2. The lowest BCUT2D eigenvalue weighted by molar-refractivity contribution is 0.239. The van der Waals surface area contributed by atoms with Crippen molar-refractivity contribution in [2.45, 2.75) is 32.0 Å². The van der Waals surface area contributed by atoms with E-state index >= 15 is 0 Å². The second-order valence-corrected chi connectivity index (χ2v) is 6.11. The van der Waals surface area contributed by atoms with Crippen LogP contribution in [0.15, 0.2) is 59.3 Å². The molecular weight excluding hydrogens is 305 g/mol.